The van der Waals surface area contributed by atoms with Gasteiger partial charge in [0.05, 0.1) is 7.14 Å². The van der Waals surface area contributed by atoms with Crippen LogP contribution in [0.1, 0.15) is 18.0 Å². The van der Waals surface area contributed by atoms with Crippen molar-refractivity contribution in [3.8, 4) is 5.75 Å². The SMILES string of the molecule is OCC[C@H](c1cc(I)c(O)c(I)c1)N1CCNCC1. The summed E-state index contributed by atoms with van der Waals surface area (Å²) in [4.78, 5) is 2.41. The highest BCUT2D eigenvalue weighted by Crippen LogP contribution is 2.33. The average Bonchev–Trinajstić information content (AvgIpc) is 2.42. The fraction of sp³-hybridized carbons (Fsp3) is 0.538. The molecule has 1 atom stereocenters. The number of hydrogen-bond acceptors (Lipinski definition) is 4. The Hall–Kier alpha value is 0.360. The maximum Gasteiger partial charge on any atom is 0.142 e. The van der Waals surface area contributed by atoms with Gasteiger partial charge in [0.2, 0.25) is 0 Å². The van der Waals surface area contributed by atoms with Gasteiger partial charge in [-0.05, 0) is 69.3 Å². The van der Waals surface area contributed by atoms with Gasteiger partial charge in [0.25, 0.3) is 0 Å². The van der Waals surface area contributed by atoms with Gasteiger partial charge in [0, 0.05) is 38.8 Å². The topological polar surface area (TPSA) is 55.7 Å². The smallest absolute Gasteiger partial charge is 0.142 e. The number of nitrogens with one attached hydrogen (secondary N) is 1. The molecule has 1 fully saturated rings. The average molecular weight is 488 g/mol. The van der Waals surface area contributed by atoms with Crippen LogP contribution in [0.4, 0.5) is 0 Å². The van der Waals surface area contributed by atoms with Crippen molar-refractivity contribution in [2.45, 2.75) is 12.5 Å². The van der Waals surface area contributed by atoms with Gasteiger partial charge in [-0.15, -0.1) is 0 Å². The Morgan fingerprint density at radius 1 is 1.21 bits per heavy atom. The van der Waals surface area contributed by atoms with Crippen LogP contribution in [0, 0.1) is 7.14 Å². The first kappa shape index (κ1) is 15.7. The van der Waals surface area contributed by atoms with Gasteiger partial charge in [-0.1, -0.05) is 0 Å². The zero-order valence-electron chi connectivity index (χ0n) is 10.6. The summed E-state index contributed by atoms with van der Waals surface area (Å²) in [6.45, 7) is 4.17. The van der Waals surface area contributed by atoms with Gasteiger partial charge in [-0.25, -0.2) is 0 Å². The monoisotopic (exact) mass is 488 g/mol. The van der Waals surface area contributed by atoms with Crippen molar-refractivity contribution in [2.75, 3.05) is 32.8 Å². The van der Waals surface area contributed by atoms with Crippen LogP contribution >= 0.6 is 45.2 Å². The largest absolute Gasteiger partial charge is 0.506 e. The quantitative estimate of drug-likeness (QED) is 0.568. The molecule has 106 valence electrons. The van der Waals surface area contributed by atoms with Crippen LogP contribution in [-0.2, 0) is 0 Å². The predicted molar refractivity (Wildman–Crippen MR) is 92.4 cm³/mol. The highest BCUT2D eigenvalue weighted by Gasteiger charge is 2.23. The molecule has 0 bridgehead atoms. The zero-order valence-corrected chi connectivity index (χ0v) is 14.9. The number of rotatable bonds is 4. The number of phenolic OH excluding ortho intramolecular Hbond substituents is 1. The molecule has 1 aliphatic heterocycles. The second-order valence-corrected chi connectivity index (χ2v) is 6.97. The van der Waals surface area contributed by atoms with E-state index in [9.17, 15) is 10.2 Å². The standard InChI is InChI=1S/C13H18I2N2O2/c14-10-7-9(8-11(15)13(10)19)12(1-6-18)17-4-2-16-3-5-17/h7-8,12,16,18-19H,1-6H2/t12-/m1/s1. The molecule has 2 rings (SSSR count). The van der Waals surface area contributed by atoms with Crippen molar-refractivity contribution < 1.29 is 10.2 Å². The minimum Gasteiger partial charge on any atom is -0.506 e. The van der Waals surface area contributed by atoms with Gasteiger partial charge < -0.3 is 15.5 Å². The van der Waals surface area contributed by atoms with E-state index in [1.807, 2.05) is 12.1 Å². The molecule has 0 spiro atoms. The molecule has 1 heterocycles. The van der Waals surface area contributed by atoms with Crippen LogP contribution in [0.15, 0.2) is 12.1 Å². The van der Waals surface area contributed by atoms with E-state index in [0.717, 1.165) is 39.7 Å². The van der Waals surface area contributed by atoms with E-state index in [1.165, 1.54) is 5.56 Å². The Kier molecular flexibility index (Phi) is 6.12. The van der Waals surface area contributed by atoms with Gasteiger partial charge in [0.1, 0.15) is 5.75 Å². The molecule has 1 saturated heterocycles. The molecule has 0 saturated carbocycles. The molecular formula is C13H18I2N2O2. The first-order chi connectivity index (χ1) is 9.13. The minimum atomic E-state index is 0.183. The molecule has 0 aliphatic carbocycles. The molecule has 0 unspecified atom stereocenters. The maximum absolute atomic E-state index is 9.86. The lowest BCUT2D eigenvalue weighted by molar-refractivity contribution is 0.141. The Morgan fingerprint density at radius 3 is 2.32 bits per heavy atom. The summed E-state index contributed by atoms with van der Waals surface area (Å²) in [5.41, 5.74) is 1.18. The van der Waals surface area contributed by atoms with Crippen molar-refractivity contribution in [1.29, 1.82) is 0 Å². The Balaban J connectivity index is 2.27. The second kappa shape index (κ2) is 7.39. The third-order valence-electron chi connectivity index (χ3n) is 3.42. The van der Waals surface area contributed by atoms with Crippen LogP contribution < -0.4 is 5.32 Å². The van der Waals surface area contributed by atoms with Crippen molar-refractivity contribution >= 4 is 45.2 Å². The number of hydrogen-bond donors (Lipinski definition) is 3. The molecule has 0 amide bonds. The number of nitrogens with zero attached hydrogens (tertiary/aromatic N) is 1. The van der Waals surface area contributed by atoms with Crippen molar-refractivity contribution in [3.05, 3.63) is 24.8 Å². The number of benzene rings is 1. The molecule has 1 aromatic rings. The van der Waals surface area contributed by atoms with E-state index in [1.54, 1.807) is 0 Å². The molecule has 3 N–H and O–H groups in total. The van der Waals surface area contributed by atoms with E-state index < -0.39 is 0 Å². The summed E-state index contributed by atoms with van der Waals surface area (Å²) in [7, 11) is 0. The first-order valence-corrected chi connectivity index (χ1v) is 8.52. The summed E-state index contributed by atoms with van der Waals surface area (Å²) >= 11 is 4.32. The maximum atomic E-state index is 9.86. The minimum absolute atomic E-state index is 0.183. The van der Waals surface area contributed by atoms with Crippen LogP contribution in [0.2, 0.25) is 0 Å². The van der Waals surface area contributed by atoms with E-state index in [0.29, 0.717) is 5.75 Å². The van der Waals surface area contributed by atoms with Crippen LogP contribution in [0.3, 0.4) is 0 Å². The summed E-state index contributed by atoms with van der Waals surface area (Å²) < 4.78 is 1.75. The van der Waals surface area contributed by atoms with Gasteiger partial charge >= 0.3 is 0 Å². The van der Waals surface area contributed by atoms with Gasteiger partial charge in [0.15, 0.2) is 0 Å². The number of piperazine rings is 1. The molecule has 4 nitrogen and oxygen atoms in total. The molecule has 0 aromatic heterocycles. The highest BCUT2D eigenvalue weighted by atomic mass is 127. The van der Waals surface area contributed by atoms with Crippen LogP contribution in [0.5, 0.6) is 5.75 Å². The van der Waals surface area contributed by atoms with E-state index in [2.05, 4.69) is 55.4 Å². The van der Waals surface area contributed by atoms with Crippen LogP contribution in [0.25, 0.3) is 0 Å². The van der Waals surface area contributed by atoms with E-state index in [-0.39, 0.29) is 12.6 Å². The first-order valence-electron chi connectivity index (χ1n) is 6.37. The van der Waals surface area contributed by atoms with Crippen molar-refractivity contribution in [2.24, 2.45) is 0 Å². The third-order valence-corrected chi connectivity index (χ3v) is 5.06. The second-order valence-electron chi connectivity index (χ2n) is 4.65. The van der Waals surface area contributed by atoms with Crippen molar-refractivity contribution in [1.82, 2.24) is 10.2 Å². The molecule has 0 radical (unpaired) electrons. The number of halogens is 2. The lowest BCUT2D eigenvalue weighted by Crippen LogP contribution is -2.45. The Bertz CT molecular complexity index is 414. The number of aliphatic hydroxyl groups excluding tert-OH is 1. The predicted octanol–water partition coefficient (Wildman–Crippen LogP) is 1.93. The Labute approximate surface area is 140 Å². The van der Waals surface area contributed by atoms with Gasteiger partial charge in [-0.3, -0.25) is 4.90 Å². The fourth-order valence-corrected chi connectivity index (χ4v) is 4.27. The van der Waals surface area contributed by atoms with E-state index in [4.69, 9.17) is 0 Å². The molecule has 6 heteroatoms. The summed E-state index contributed by atoms with van der Waals surface area (Å²) in [6, 6.07) is 4.29. The summed E-state index contributed by atoms with van der Waals surface area (Å²) in [5.74, 6) is 0.355. The molecular weight excluding hydrogens is 470 g/mol. The number of aromatic hydroxyl groups is 1. The number of aliphatic hydroxyl groups is 1. The number of phenols is 1. The summed E-state index contributed by atoms with van der Waals surface area (Å²) in [5, 5.41) is 22.5. The van der Waals surface area contributed by atoms with Gasteiger partial charge in [-0.2, -0.15) is 0 Å². The Morgan fingerprint density at radius 2 is 1.79 bits per heavy atom. The van der Waals surface area contributed by atoms with Crippen molar-refractivity contribution in [3.63, 3.8) is 0 Å². The lowest BCUT2D eigenvalue weighted by Gasteiger charge is -2.35. The van der Waals surface area contributed by atoms with E-state index >= 15 is 0 Å². The molecule has 19 heavy (non-hydrogen) atoms. The van der Waals surface area contributed by atoms with Crippen LogP contribution in [-0.4, -0.2) is 47.9 Å². The normalized spacial score (nSPS) is 18.5. The third kappa shape index (κ3) is 3.93. The molecule has 1 aliphatic rings. The fourth-order valence-electron chi connectivity index (χ4n) is 2.45. The lowest BCUT2D eigenvalue weighted by atomic mass is 10.0. The summed E-state index contributed by atoms with van der Waals surface area (Å²) in [6.07, 6.45) is 0.733. The highest BCUT2D eigenvalue weighted by molar-refractivity contribution is 14.1. The zero-order chi connectivity index (χ0) is 13.8. The molecule has 1 aromatic carbocycles.